The van der Waals surface area contributed by atoms with Crippen molar-refractivity contribution >= 4 is 27.3 Å². The second kappa shape index (κ2) is 5.91. The van der Waals surface area contributed by atoms with Crippen LogP contribution in [-0.2, 0) is 0 Å². The highest BCUT2D eigenvalue weighted by Crippen LogP contribution is 2.25. The summed E-state index contributed by atoms with van der Waals surface area (Å²) in [5.41, 5.74) is 1.14. The van der Waals surface area contributed by atoms with Crippen LogP contribution >= 0.6 is 0 Å². The Morgan fingerprint density at radius 1 is 0.667 bits per heavy atom. The molecule has 0 saturated heterocycles. The van der Waals surface area contributed by atoms with Crippen molar-refractivity contribution in [3.63, 3.8) is 0 Å². The first-order chi connectivity index (χ1) is 11.7. The lowest BCUT2D eigenvalue weighted by Crippen LogP contribution is -2.12. The van der Waals surface area contributed by atoms with E-state index in [9.17, 15) is 9.90 Å². The van der Waals surface area contributed by atoms with Crippen molar-refractivity contribution in [1.82, 2.24) is 0 Å². The zero-order valence-corrected chi connectivity index (χ0v) is 13.0. The van der Waals surface area contributed by atoms with Gasteiger partial charge < -0.3 is 5.11 Å². The number of Topliss-reactive ketones (excluding diaryl/α,β-unsaturated/α-hetero) is 1. The number of rotatable bonds is 3. The molecule has 0 radical (unpaired) electrons. The molecule has 0 amide bonds. The minimum atomic E-state index is -1.16. The largest absolute Gasteiger partial charge is 0.380 e. The lowest BCUT2D eigenvalue weighted by Gasteiger charge is -2.12. The van der Waals surface area contributed by atoms with E-state index in [0.717, 1.165) is 21.5 Å². The standard InChI is InChI=1S/C22H16O2/c23-21(19-11-9-15-5-1-3-7-17(15)13-19)22(24)20-12-10-16-6-2-4-8-18(16)14-20/h1-14,21,23H. The summed E-state index contributed by atoms with van der Waals surface area (Å²) < 4.78 is 0. The molecule has 0 saturated carbocycles. The normalized spacial score (nSPS) is 12.4. The van der Waals surface area contributed by atoms with Gasteiger partial charge in [-0.2, -0.15) is 0 Å². The molecule has 116 valence electrons. The Balaban J connectivity index is 1.70. The quantitative estimate of drug-likeness (QED) is 0.546. The summed E-state index contributed by atoms with van der Waals surface area (Å²) >= 11 is 0. The average molecular weight is 312 g/mol. The summed E-state index contributed by atoms with van der Waals surface area (Å²) in [6.45, 7) is 0. The van der Waals surface area contributed by atoms with Gasteiger partial charge in [0.1, 0.15) is 6.10 Å². The molecule has 0 aliphatic rings. The van der Waals surface area contributed by atoms with Gasteiger partial charge in [0.2, 0.25) is 0 Å². The fourth-order valence-electron chi connectivity index (χ4n) is 3.03. The van der Waals surface area contributed by atoms with E-state index in [0.29, 0.717) is 11.1 Å². The summed E-state index contributed by atoms with van der Waals surface area (Å²) in [5, 5.41) is 14.7. The number of ketones is 1. The Morgan fingerprint density at radius 2 is 1.21 bits per heavy atom. The van der Waals surface area contributed by atoms with Gasteiger partial charge in [-0.15, -0.1) is 0 Å². The van der Waals surface area contributed by atoms with Crippen LogP contribution in [0.3, 0.4) is 0 Å². The lowest BCUT2D eigenvalue weighted by molar-refractivity contribution is 0.0748. The van der Waals surface area contributed by atoms with Crippen LogP contribution in [0.2, 0.25) is 0 Å². The monoisotopic (exact) mass is 312 g/mol. The Hall–Kier alpha value is -2.97. The maximum absolute atomic E-state index is 12.7. The molecular formula is C22H16O2. The highest BCUT2D eigenvalue weighted by atomic mass is 16.3. The van der Waals surface area contributed by atoms with E-state index < -0.39 is 6.10 Å². The predicted molar refractivity (Wildman–Crippen MR) is 97.2 cm³/mol. The van der Waals surface area contributed by atoms with Gasteiger partial charge in [0.25, 0.3) is 0 Å². The van der Waals surface area contributed by atoms with Gasteiger partial charge >= 0.3 is 0 Å². The summed E-state index contributed by atoms with van der Waals surface area (Å²) in [4.78, 5) is 12.7. The summed E-state index contributed by atoms with van der Waals surface area (Å²) in [6, 6.07) is 26.9. The topological polar surface area (TPSA) is 37.3 Å². The van der Waals surface area contributed by atoms with Gasteiger partial charge in [0, 0.05) is 5.56 Å². The van der Waals surface area contributed by atoms with Gasteiger partial charge in [-0.3, -0.25) is 4.79 Å². The van der Waals surface area contributed by atoms with Crippen LogP contribution in [0.5, 0.6) is 0 Å². The van der Waals surface area contributed by atoms with Crippen molar-refractivity contribution in [2.45, 2.75) is 6.10 Å². The number of benzene rings is 4. The zero-order chi connectivity index (χ0) is 16.5. The molecule has 0 aliphatic carbocycles. The van der Waals surface area contributed by atoms with E-state index in [1.165, 1.54) is 0 Å². The van der Waals surface area contributed by atoms with Crippen molar-refractivity contribution in [3.05, 3.63) is 96.1 Å². The van der Waals surface area contributed by atoms with Crippen LogP contribution < -0.4 is 0 Å². The fraction of sp³-hybridized carbons (Fsp3) is 0.0455. The average Bonchev–Trinajstić information content (AvgIpc) is 2.66. The third kappa shape index (κ3) is 2.57. The first-order valence-electron chi connectivity index (χ1n) is 7.92. The Kier molecular flexibility index (Phi) is 3.60. The van der Waals surface area contributed by atoms with Crippen LogP contribution in [0.1, 0.15) is 22.0 Å². The molecule has 0 fully saturated rings. The highest BCUT2D eigenvalue weighted by molar-refractivity contribution is 6.03. The Bertz CT molecular complexity index is 1050. The molecule has 2 nitrogen and oxygen atoms in total. The van der Waals surface area contributed by atoms with Crippen molar-refractivity contribution in [2.75, 3.05) is 0 Å². The summed E-state index contributed by atoms with van der Waals surface area (Å²) in [5.74, 6) is -0.281. The van der Waals surface area contributed by atoms with Crippen LogP contribution in [0.25, 0.3) is 21.5 Å². The molecule has 0 aromatic heterocycles. The van der Waals surface area contributed by atoms with Crippen LogP contribution in [0, 0.1) is 0 Å². The molecule has 4 aromatic carbocycles. The predicted octanol–water partition coefficient (Wildman–Crippen LogP) is 4.91. The van der Waals surface area contributed by atoms with E-state index in [1.54, 1.807) is 6.07 Å². The Morgan fingerprint density at radius 3 is 1.88 bits per heavy atom. The van der Waals surface area contributed by atoms with E-state index in [4.69, 9.17) is 0 Å². The number of fused-ring (bicyclic) bond motifs is 2. The molecule has 0 bridgehead atoms. The lowest BCUT2D eigenvalue weighted by atomic mass is 9.96. The number of carbonyl (C=O) groups excluding carboxylic acids is 1. The molecule has 4 rings (SSSR count). The van der Waals surface area contributed by atoms with Gasteiger partial charge in [-0.1, -0.05) is 72.8 Å². The molecule has 0 spiro atoms. The molecule has 2 heteroatoms. The SMILES string of the molecule is O=C(c1ccc2ccccc2c1)C(O)c1ccc2ccccc2c1. The van der Waals surface area contributed by atoms with E-state index in [-0.39, 0.29) is 5.78 Å². The van der Waals surface area contributed by atoms with Crippen LogP contribution in [0.15, 0.2) is 84.9 Å². The Labute approximate surface area is 140 Å². The first-order valence-corrected chi connectivity index (χ1v) is 7.92. The maximum Gasteiger partial charge on any atom is 0.195 e. The third-order valence-electron chi connectivity index (χ3n) is 4.37. The molecule has 1 N–H and O–H groups in total. The minimum Gasteiger partial charge on any atom is -0.380 e. The second-order valence-electron chi connectivity index (χ2n) is 5.94. The molecule has 4 aromatic rings. The van der Waals surface area contributed by atoms with Crippen molar-refractivity contribution in [3.8, 4) is 0 Å². The smallest absolute Gasteiger partial charge is 0.195 e. The number of hydrogen-bond acceptors (Lipinski definition) is 2. The summed E-state index contributed by atoms with van der Waals surface area (Å²) in [7, 11) is 0. The number of aliphatic hydroxyl groups is 1. The van der Waals surface area contributed by atoms with Crippen molar-refractivity contribution < 1.29 is 9.90 Å². The van der Waals surface area contributed by atoms with Crippen LogP contribution in [0.4, 0.5) is 0 Å². The molecule has 24 heavy (non-hydrogen) atoms. The zero-order valence-electron chi connectivity index (χ0n) is 13.0. The molecule has 0 heterocycles. The molecule has 1 atom stereocenters. The van der Waals surface area contributed by atoms with Gasteiger partial charge in [-0.25, -0.2) is 0 Å². The fourth-order valence-corrected chi connectivity index (χ4v) is 3.03. The summed E-state index contributed by atoms with van der Waals surface area (Å²) in [6.07, 6.45) is -1.16. The molecule has 1 unspecified atom stereocenters. The number of hydrogen-bond donors (Lipinski definition) is 1. The van der Waals surface area contributed by atoms with Gasteiger partial charge in [0.05, 0.1) is 0 Å². The van der Waals surface area contributed by atoms with E-state index >= 15 is 0 Å². The van der Waals surface area contributed by atoms with Crippen molar-refractivity contribution in [2.24, 2.45) is 0 Å². The van der Waals surface area contributed by atoms with E-state index in [1.807, 2.05) is 78.9 Å². The number of carbonyl (C=O) groups is 1. The second-order valence-corrected chi connectivity index (χ2v) is 5.94. The third-order valence-corrected chi connectivity index (χ3v) is 4.37. The van der Waals surface area contributed by atoms with Gasteiger partial charge in [-0.05, 0) is 39.2 Å². The number of aliphatic hydroxyl groups excluding tert-OH is 1. The van der Waals surface area contributed by atoms with Crippen LogP contribution in [-0.4, -0.2) is 10.9 Å². The molecule has 0 aliphatic heterocycles. The highest BCUT2D eigenvalue weighted by Gasteiger charge is 2.19. The molecular weight excluding hydrogens is 296 g/mol. The van der Waals surface area contributed by atoms with Crippen molar-refractivity contribution in [1.29, 1.82) is 0 Å². The first kappa shape index (κ1) is 14.6. The minimum absolute atomic E-state index is 0.281. The maximum atomic E-state index is 12.7. The van der Waals surface area contributed by atoms with E-state index in [2.05, 4.69) is 0 Å². The van der Waals surface area contributed by atoms with Gasteiger partial charge in [0.15, 0.2) is 5.78 Å².